The highest BCUT2D eigenvalue weighted by atomic mass is 31.2. The molecule has 0 aromatic heterocycles. The largest absolute Gasteiger partial charge is 0.475 e. The number of phosphoric acid groups is 1. The van der Waals surface area contributed by atoms with Crippen molar-refractivity contribution < 1.29 is 51.5 Å². The molecule has 1 amide bonds. The zero-order chi connectivity index (χ0) is 42.9. The number of phosphoric ester groups is 1. The SMILES string of the molecule is CCCCCCCCCCCCCCCCCC(=O)OC[C@H](COP(=O)(OCc1ccccc1)OC[C@H](NC(=O)OCc1ccccc1)C(=O)OCc1ccccc1)OC. The van der Waals surface area contributed by atoms with Gasteiger partial charge in [-0.2, -0.15) is 0 Å². The molecular formula is C47H68NO11P. The van der Waals surface area contributed by atoms with Crippen molar-refractivity contribution in [2.75, 3.05) is 26.9 Å². The van der Waals surface area contributed by atoms with Crippen molar-refractivity contribution in [2.24, 2.45) is 0 Å². The quantitative estimate of drug-likeness (QED) is 0.0265. The molecule has 332 valence electrons. The van der Waals surface area contributed by atoms with Crippen LogP contribution in [0.3, 0.4) is 0 Å². The Morgan fingerprint density at radius 3 is 1.48 bits per heavy atom. The third kappa shape index (κ3) is 23.7. The van der Waals surface area contributed by atoms with Gasteiger partial charge in [0.25, 0.3) is 0 Å². The Hall–Kier alpha value is -4.06. The third-order valence-corrected chi connectivity index (χ3v) is 11.2. The lowest BCUT2D eigenvalue weighted by Crippen LogP contribution is -2.45. The van der Waals surface area contributed by atoms with Crippen molar-refractivity contribution in [3.8, 4) is 0 Å². The fourth-order valence-electron chi connectivity index (χ4n) is 6.17. The van der Waals surface area contributed by atoms with Crippen LogP contribution in [0.2, 0.25) is 0 Å². The van der Waals surface area contributed by atoms with Gasteiger partial charge in [0.15, 0.2) is 6.04 Å². The van der Waals surface area contributed by atoms with Crippen LogP contribution < -0.4 is 5.32 Å². The monoisotopic (exact) mass is 853 g/mol. The number of amides is 1. The van der Waals surface area contributed by atoms with Crippen LogP contribution in [0.4, 0.5) is 4.79 Å². The van der Waals surface area contributed by atoms with Gasteiger partial charge in [-0.05, 0) is 23.1 Å². The number of rotatable bonds is 34. The first-order valence-electron chi connectivity index (χ1n) is 21.7. The van der Waals surface area contributed by atoms with Crippen LogP contribution in [0.1, 0.15) is 126 Å². The fourth-order valence-corrected chi connectivity index (χ4v) is 7.38. The van der Waals surface area contributed by atoms with Crippen LogP contribution in [0.15, 0.2) is 91.0 Å². The number of ether oxygens (including phenoxy) is 4. The molecule has 60 heavy (non-hydrogen) atoms. The molecule has 0 fully saturated rings. The summed E-state index contributed by atoms with van der Waals surface area (Å²) in [6.07, 6.45) is 17.2. The average Bonchev–Trinajstić information content (AvgIpc) is 3.28. The number of carbonyl (C=O) groups excluding carboxylic acids is 3. The molecule has 3 rings (SSSR count). The summed E-state index contributed by atoms with van der Waals surface area (Å²) in [7, 11) is -3.03. The molecule has 3 aromatic carbocycles. The molecule has 13 heteroatoms. The highest BCUT2D eigenvalue weighted by Gasteiger charge is 2.33. The molecule has 0 heterocycles. The minimum absolute atomic E-state index is 0.0520. The molecular weight excluding hydrogens is 785 g/mol. The Morgan fingerprint density at radius 1 is 0.533 bits per heavy atom. The van der Waals surface area contributed by atoms with Gasteiger partial charge in [-0.15, -0.1) is 0 Å². The first kappa shape index (κ1) is 50.3. The van der Waals surface area contributed by atoms with Gasteiger partial charge in [0.05, 0.1) is 19.8 Å². The van der Waals surface area contributed by atoms with Gasteiger partial charge in [0.1, 0.15) is 25.9 Å². The third-order valence-electron chi connectivity index (χ3n) is 9.81. The molecule has 0 aliphatic rings. The zero-order valence-corrected chi connectivity index (χ0v) is 36.7. The van der Waals surface area contributed by atoms with E-state index in [4.69, 9.17) is 32.5 Å². The summed E-state index contributed by atoms with van der Waals surface area (Å²) in [5, 5.41) is 2.45. The number of esters is 2. The highest BCUT2D eigenvalue weighted by Crippen LogP contribution is 2.50. The van der Waals surface area contributed by atoms with Crippen molar-refractivity contribution in [1.29, 1.82) is 0 Å². The van der Waals surface area contributed by atoms with Crippen molar-refractivity contribution in [3.63, 3.8) is 0 Å². The second-order valence-corrected chi connectivity index (χ2v) is 16.6. The number of hydrogen-bond acceptors (Lipinski definition) is 11. The summed E-state index contributed by atoms with van der Waals surface area (Å²) in [5.41, 5.74) is 2.14. The van der Waals surface area contributed by atoms with E-state index in [9.17, 15) is 18.9 Å². The van der Waals surface area contributed by atoms with E-state index in [1.807, 2.05) is 18.2 Å². The minimum atomic E-state index is -4.44. The van der Waals surface area contributed by atoms with Gasteiger partial charge < -0.3 is 24.3 Å². The van der Waals surface area contributed by atoms with Gasteiger partial charge in [-0.25, -0.2) is 14.2 Å². The number of nitrogens with one attached hydrogen (secondary N) is 1. The molecule has 0 saturated heterocycles. The summed E-state index contributed by atoms with van der Waals surface area (Å²) in [6.45, 7) is 0.850. The number of unbranched alkanes of at least 4 members (excludes halogenated alkanes) is 14. The van der Waals surface area contributed by atoms with Crippen molar-refractivity contribution >= 4 is 25.9 Å². The molecule has 1 N–H and O–H groups in total. The Labute approximate surface area is 358 Å². The second kappa shape index (κ2) is 31.8. The fraction of sp³-hybridized carbons (Fsp3) is 0.553. The number of methoxy groups -OCH3 is 1. The smallest absolute Gasteiger partial charge is 0.463 e. The lowest BCUT2D eigenvalue weighted by atomic mass is 10.0. The van der Waals surface area contributed by atoms with E-state index in [1.165, 1.54) is 84.2 Å². The van der Waals surface area contributed by atoms with Crippen LogP contribution in [0.25, 0.3) is 0 Å². The standard InChI is InChI=1S/C47H68NO11P/c1-3-4-5-6-7-8-9-10-11-12-13-14-15-16-26-33-45(49)54-37-43(53-2)38-58-60(52,57-36-42-31-24-19-25-32-42)59-39-44(46(50)55-34-40-27-20-17-21-28-40)48-47(51)56-35-41-29-22-18-23-30-41/h17-25,27-32,43-44H,3-16,26,33-39H2,1-2H3,(H,48,51)/t43-,44+,60?/m1/s1. The van der Waals surface area contributed by atoms with E-state index < -0.39 is 38.6 Å². The van der Waals surface area contributed by atoms with Gasteiger partial charge in [0.2, 0.25) is 0 Å². The second-order valence-electron chi connectivity index (χ2n) is 14.9. The van der Waals surface area contributed by atoms with E-state index in [0.717, 1.165) is 30.4 Å². The number of benzene rings is 3. The van der Waals surface area contributed by atoms with E-state index in [-0.39, 0.29) is 39.0 Å². The Bertz CT molecular complexity index is 1610. The highest BCUT2D eigenvalue weighted by molar-refractivity contribution is 7.48. The lowest BCUT2D eigenvalue weighted by Gasteiger charge is -2.23. The van der Waals surface area contributed by atoms with Crippen molar-refractivity contribution in [2.45, 2.75) is 142 Å². The maximum absolute atomic E-state index is 14.1. The van der Waals surface area contributed by atoms with E-state index in [0.29, 0.717) is 12.0 Å². The molecule has 0 bridgehead atoms. The van der Waals surface area contributed by atoms with Crippen LogP contribution in [-0.2, 0) is 66.5 Å². The average molecular weight is 854 g/mol. The summed E-state index contributed by atoms with van der Waals surface area (Å²) in [6, 6.07) is 25.5. The normalized spacial score (nSPS) is 13.2. The first-order valence-corrected chi connectivity index (χ1v) is 23.2. The van der Waals surface area contributed by atoms with Gasteiger partial charge in [-0.3, -0.25) is 18.4 Å². The summed E-state index contributed by atoms with van der Waals surface area (Å²) in [5.74, 6) is -1.21. The van der Waals surface area contributed by atoms with Crippen LogP contribution >= 0.6 is 7.82 Å². The van der Waals surface area contributed by atoms with Crippen LogP contribution in [-0.4, -0.2) is 57.1 Å². The molecule has 0 radical (unpaired) electrons. The number of hydrogen-bond donors (Lipinski definition) is 1. The van der Waals surface area contributed by atoms with E-state index in [1.54, 1.807) is 72.8 Å². The Balaban J connectivity index is 1.46. The summed E-state index contributed by atoms with van der Waals surface area (Å²) >= 11 is 0. The van der Waals surface area contributed by atoms with Gasteiger partial charge >= 0.3 is 25.9 Å². The Kier molecular flexibility index (Phi) is 26.6. The molecule has 3 atom stereocenters. The molecule has 3 aromatic rings. The van der Waals surface area contributed by atoms with E-state index >= 15 is 0 Å². The van der Waals surface area contributed by atoms with Gasteiger partial charge in [0, 0.05) is 13.5 Å². The molecule has 0 aliphatic carbocycles. The molecule has 0 aliphatic heterocycles. The molecule has 0 spiro atoms. The zero-order valence-electron chi connectivity index (χ0n) is 35.8. The first-order chi connectivity index (χ1) is 29.3. The predicted octanol–water partition coefficient (Wildman–Crippen LogP) is 11.2. The summed E-state index contributed by atoms with van der Waals surface area (Å²) in [4.78, 5) is 38.7. The molecule has 1 unspecified atom stereocenters. The maximum Gasteiger partial charge on any atom is 0.475 e. The number of alkyl carbamates (subject to hydrolysis) is 1. The minimum Gasteiger partial charge on any atom is -0.463 e. The molecule has 12 nitrogen and oxygen atoms in total. The van der Waals surface area contributed by atoms with Gasteiger partial charge in [-0.1, -0.05) is 188 Å². The summed E-state index contributed by atoms with van der Waals surface area (Å²) < 4.78 is 52.9. The maximum atomic E-state index is 14.1. The number of carbonyl (C=O) groups is 3. The van der Waals surface area contributed by atoms with E-state index in [2.05, 4.69) is 12.2 Å². The topological polar surface area (TPSA) is 145 Å². The molecule has 0 saturated carbocycles. The van der Waals surface area contributed by atoms with Crippen molar-refractivity contribution in [3.05, 3.63) is 108 Å². The predicted molar refractivity (Wildman–Crippen MR) is 232 cm³/mol. The lowest BCUT2D eigenvalue weighted by molar-refractivity contribution is -0.148. The Morgan fingerprint density at radius 2 is 0.983 bits per heavy atom. The van der Waals surface area contributed by atoms with Crippen molar-refractivity contribution in [1.82, 2.24) is 5.32 Å². The van der Waals surface area contributed by atoms with Crippen LogP contribution in [0.5, 0.6) is 0 Å². The van der Waals surface area contributed by atoms with Crippen LogP contribution in [0, 0.1) is 0 Å².